The maximum Gasteiger partial charge on any atom is 0.412 e. The first-order valence-electron chi connectivity index (χ1n) is 8.12. The minimum Gasteiger partial charge on any atom is -0.455 e. The molecule has 4 nitrogen and oxygen atoms in total. The van der Waals surface area contributed by atoms with Gasteiger partial charge >= 0.3 is 6.09 Å². The van der Waals surface area contributed by atoms with Gasteiger partial charge in [0.2, 0.25) is 0 Å². The summed E-state index contributed by atoms with van der Waals surface area (Å²) in [7, 11) is 0. The average molecular weight is 412 g/mol. The molecule has 0 fully saturated rings. The highest BCUT2D eigenvalue weighted by Crippen LogP contribution is 2.32. The van der Waals surface area contributed by atoms with Crippen molar-refractivity contribution >= 4 is 27.7 Å². The summed E-state index contributed by atoms with van der Waals surface area (Å²) < 4.78 is 12.0. The molecule has 5 heteroatoms. The Morgan fingerprint density at radius 1 is 1.00 bits per heavy atom. The SMILES string of the molecule is Cc1ccc(Oc2cc(Br)ccc2NC(=O)OCc2ccccc2)cc1. The number of aryl methyl sites for hydroxylation is 1. The van der Waals surface area contributed by atoms with Gasteiger partial charge in [-0.05, 0) is 42.8 Å². The van der Waals surface area contributed by atoms with E-state index in [4.69, 9.17) is 9.47 Å². The van der Waals surface area contributed by atoms with Crippen LogP contribution in [-0.2, 0) is 11.3 Å². The molecule has 3 aromatic rings. The van der Waals surface area contributed by atoms with E-state index in [0.717, 1.165) is 15.6 Å². The summed E-state index contributed by atoms with van der Waals surface area (Å²) in [4.78, 5) is 12.1. The average Bonchev–Trinajstić information content (AvgIpc) is 2.65. The Kier molecular flexibility index (Phi) is 5.92. The molecule has 0 aliphatic heterocycles. The van der Waals surface area contributed by atoms with Crippen LogP contribution in [0.1, 0.15) is 11.1 Å². The van der Waals surface area contributed by atoms with Gasteiger partial charge in [0.05, 0.1) is 5.69 Å². The third-order valence-electron chi connectivity index (χ3n) is 3.64. The van der Waals surface area contributed by atoms with Crippen LogP contribution in [0.2, 0.25) is 0 Å². The van der Waals surface area contributed by atoms with E-state index in [0.29, 0.717) is 17.2 Å². The van der Waals surface area contributed by atoms with E-state index < -0.39 is 6.09 Å². The molecule has 0 bridgehead atoms. The number of ether oxygens (including phenoxy) is 2. The summed E-state index contributed by atoms with van der Waals surface area (Å²) in [5, 5.41) is 2.73. The summed E-state index contributed by atoms with van der Waals surface area (Å²) in [5.74, 6) is 1.22. The smallest absolute Gasteiger partial charge is 0.412 e. The Morgan fingerprint density at radius 2 is 1.73 bits per heavy atom. The van der Waals surface area contributed by atoms with Crippen LogP contribution in [0.25, 0.3) is 0 Å². The van der Waals surface area contributed by atoms with Gasteiger partial charge < -0.3 is 9.47 Å². The number of anilines is 1. The molecule has 0 spiro atoms. The molecule has 0 radical (unpaired) electrons. The fourth-order valence-corrected chi connectivity index (χ4v) is 2.63. The van der Waals surface area contributed by atoms with Gasteiger partial charge in [-0.15, -0.1) is 0 Å². The van der Waals surface area contributed by atoms with E-state index in [1.165, 1.54) is 0 Å². The number of hydrogen-bond donors (Lipinski definition) is 1. The largest absolute Gasteiger partial charge is 0.455 e. The van der Waals surface area contributed by atoms with Gasteiger partial charge in [0.15, 0.2) is 5.75 Å². The molecule has 1 amide bonds. The fourth-order valence-electron chi connectivity index (χ4n) is 2.29. The van der Waals surface area contributed by atoms with E-state index in [9.17, 15) is 4.79 Å². The Balaban J connectivity index is 1.68. The molecule has 0 saturated carbocycles. The normalized spacial score (nSPS) is 10.2. The van der Waals surface area contributed by atoms with Crippen molar-refractivity contribution in [3.05, 3.63) is 88.4 Å². The fraction of sp³-hybridized carbons (Fsp3) is 0.0952. The summed E-state index contributed by atoms with van der Waals surface area (Å²) in [6, 6.07) is 22.6. The van der Waals surface area contributed by atoms with Gasteiger partial charge in [-0.3, -0.25) is 5.32 Å². The molecule has 0 aliphatic carbocycles. The Morgan fingerprint density at radius 3 is 2.46 bits per heavy atom. The third kappa shape index (κ3) is 5.10. The van der Waals surface area contributed by atoms with Gasteiger partial charge in [0.25, 0.3) is 0 Å². The van der Waals surface area contributed by atoms with Gasteiger partial charge in [0, 0.05) is 4.47 Å². The zero-order valence-corrected chi connectivity index (χ0v) is 15.8. The van der Waals surface area contributed by atoms with Crippen LogP contribution < -0.4 is 10.1 Å². The van der Waals surface area contributed by atoms with Gasteiger partial charge in [0.1, 0.15) is 12.4 Å². The number of carbonyl (C=O) groups is 1. The second-order valence-corrected chi connectivity index (χ2v) is 6.66. The molecule has 0 unspecified atom stereocenters. The van der Waals surface area contributed by atoms with Crippen molar-refractivity contribution in [3.8, 4) is 11.5 Å². The summed E-state index contributed by atoms with van der Waals surface area (Å²) >= 11 is 3.42. The molecule has 3 aromatic carbocycles. The second kappa shape index (κ2) is 8.54. The van der Waals surface area contributed by atoms with Gasteiger partial charge in [-0.2, -0.15) is 0 Å². The van der Waals surface area contributed by atoms with Crippen molar-refractivity contribution < 1.29 is 14.3 Å². The number of nitrogens with one attached hydrogen (secondary N) is 1. The quantitative estimate of drug-likeness (QED) is 0.535. The highest BCUT2D eigenvalue weighted by atomic mass is 79.9. The van der Waals surface area contributed by atoms with Crippen LogP contribution in [0.3, 0.4) is 0 Å². The van der Waals surface area contributed by atoms with Crippen molar-refractivity contribution in [1.29, 1.82) is 0 Å². The Bertz CT molecular complexity index is 880. The molecule has 0 aromatic heterocycles. The Labute approximate surface area is 160 Å². The lowest BCUT2D eigenvalue weighted by molar-refractivity contribution is 0.155. The monoisotopic (exact) mass is 411 g/mol. The molecule has 0 aliphatic rings. The predicted octanol–water partition coefficient (Wildman–Crippen LogP) is 6.30. The van der Waals surface area contributed by atoms with Crippen LogP contribution in [0, 0.1) is 6.92 Å². The number of hydrogen-bond acceptors (Lipinski definition) is 3. The van der Waals surface area contributed by atoms with Crippen LogP contribution in [0.5, 0.6) is 11.5 Å². The van der Waals surface area contributed by atoms with Crippen molar-refractivity contribution in [2.24, 2.45) is 0 Å². The van der Waals surface area contributed by atoms with Crippen LogP contribution in [0.15, 0.2) is 77.3 Å². The lowest BCUT2D eigenvalue weighted by atomic mass is 10.2. The van der Waals surface area contributed by atoms with E-state index in [1.807, 2.05) is 67.6 Å². The number of halogens is 1. The number of rotatable bonds is 5. The molecule has 3 rings (SSSR count). The van der Waals surface area contributed by atoms with Crippen molar-refractivity contribution in [2.45, 2.75) is 13.5 Å². The molecule has 132 valence electrons. The maximum atomic E-state index is 12.1. The van der Waals surface area contributed by atoms with Crippen LogP contribution >= 0.6 is 15.9 Å². The molecule has 0 saturated heterocycles. The first-order valence-corrected chi connectivity index (χ1v) is 8.91. The molecular formula is C21H18BrNO3. The number of amides is 1. The number of benzene rings is 3. The van der Waals surface area contributed by atoms with E-state index in [-0.39, 0.29) is 6.61 Å². The first kappa shape index (κ1) is 18.0. The topological polar surface area (TPSA) is 47.6 Å². The summed E-state index contributed by atoms with van der Waals surface area (Å²) in [6.45, 7) is 2.22. The van der Waals surface area contributed by atoms with Crippen molar-refractivity contribution in [1.82, 2.24) is 0 Å². The van der Waals surface area contributed by atoms with E-state index in [1.54, 1.807) is 12.1 Å². The van der Waals surface area contributed by atoms with E-state index in [2.05, 4.69) is 21.2 Å². The zero-order valence-electron chi connectivity index (χ0n) is 14.2. The van der Waals surface area contributed by atoms with Crippen LogP contribution in [0.4, 0.5) is 10.5 Å². The first-order chi connectivity index (χ1) is 12.6. The highest BCUT2D eigenvalue weighted by molar-refractivity contribution is 9.10. The number of carbonyl (C=O) groups excluding carboxylic acids is 1. The standard InChI is InChI=1S/C21H18BrNO3/c1-15-7-10-18(11-8-15)26-20-13-17(22)9-12-19(20)23-21(24)25-14-16-5-3-2-4-6-16/h2-13H,14H2,1H3,(H,23,24). The molecule has 26 heavy (non-hydrogen) atoms. The maximum absolute atomic E-state index is 12.1. The lowest BCUT2D eigenvalue weighted by Crippen LogP contribution is -2.14. The summed E-state index contributed by atoms with van der Waals surface area (Å²) in [6.07, 6.45) is -0.537. The van der Waals surface area contributed by atoms with Gasteiger partial charge in [-0.1, -0.05) is 64.0 Å². The lowest BCUT2D eigenvalue weighted by Gasteiger charge is -2.13. The molecule has 0 heterocycles. The molecule has 0 atom stereocenters. The minimum absolute atomic E-state index is 0.206. The minimum atomic E-state index is -0.537. The second-order valence-electron chi connectivity index (χ2n) is 5.74. The van der Waals surface area contributed by atoms with Crippen molar-refractivity contribution in [3.63, 3.8) is 0 Å². The molecular weight excluding hydrogens is 394 g/mol. The Hall–Kier alpha value is -2.79. The van der Waals surface area contributed by atoms with Crippen molar-refractivity contribution in [2.75, 3.05) is 5.32 Å². The zero-order chi connectivity index (χ0) is 18.4. The molecule has 1 N–H and O–H groups in total. The predicted molar refractivity (Wildman–Crippen MR) is 106 cm³/mol. The van der Waals surface area contributed by atoms with E-state index >= 15 is 0 Å². The highest BCUT2D eigenvalue weighted by Gasteiger charge is 2.11. The summed E-state index contributed by atoms with van der Waals surface area (Å²) in [5.41, 5.74) is 2.61. The van der Waals surface area contributed by atoms with Crippen LogP contribution in [-0.4, -0.2) is 6.09 Å². The third-order valence-corrected chi connectivity index (χ3v) is 4.14. The van der Waals surface area contributed by atoms with Gasteiger partial charge in [-0.25, -0.2) is 4.79 Å².